The lowest BCUT2D eigenvalue weighted by Gasteiger charge is -2.10. The molecule has 0 saturated heterocycles. The van der Waals surface area contributed by atoms with Crippen LogP contribution in [-0.4, -0.2) is 13.7 Å². The highest BCUT2D eigenvalue weighted by Crippen LogP contribution is 2.19. The minimum atomic E-state index is 0.822. The van der Waals surface area contributed by atoms with Crippen LogP contribution in [-0.2, 0) is 6.42 Å². The number of ether oxygens (including phenoxy) is 1. The average Bonchev–Trinajstić information content (AvgIpc) is 2.43. The first-order valence-corrected chi connectivity index (χ1v) is 6.42. The van der Waals surface area contributed by atoms with Gasteiger partial charge in [-0.2, -0.15) is 0 Å². The smallest absolute Gasteiger partial charge is 0.122 e. The molecule has 2 aromatic carbocycles. The predicted octanol–water partition coefficient (Wildman–Crippen LogP) is 3.24. The molecule has 0 heterocycles. The molecule has 3 nitrogen and oxygen atoms in total. The Morgan fingerprint density at radius 1 is 1.16 bits per heavy atom. The van der Waals surface area contributed by atoms with Crippen molar-refractivity contribution in [2.75, 3.05) is 24.7 Å². The van der Waals surface area contributed by atoms with Crippen LogP contribution < -0.4 is 15.8 Å². The molecule has 3 N–H and O–H groups in total. The van der Waals surface area contributed by atoms with Gasteiger partial charge in [-0.05, 0) is 42.7 Å². The Balaban J connectivity index is 1.94. The number of benzene rings is 2. The molecule has 0 radical (unpaired) electrons. The lowest BCUT2D eigenvalue weighted by atomic mass is 10.1. The molecule has 0 aliphatic heterocycles. The number of anilines is 2. The third kappa shape index (κ3) is 3.41. The molecule has 19 heavy (non-hydrogen) atoms. The maximum Gasteiger partial charge on any atom is 0.122 e. The number of nitrogen functional groups attached to an aromatic ring is 1. The van der Waals surface area contributed by atoms with E-state index in [4.69, 9.17) is 10.5 Å². The number of aryl methyl sites for hydroxylation is 1. The molecule has 2 aromatic rings. The normalized spacial score (nSPS) is 10.2. The molecule has 2 rings (SSSR count). The Morgan fingerprint density at radius 3 is 2.68 bits per heavy atom. The van der Waals surface area contributed by atoms with Gasteiger partial charge in [-0.25, -0.2) is 0 Å². The molecule has 0 aliphatic rings. The van der Waals surface area contributed by atoms with Gasteiger partial charge in [0, 0.05) is 17.9 Å². The minimum Gasteiger partial charge on any atom is -0.496 e. The first kappa shape index (κ1) is 13.3. The van der Waals surface area contributed by atoms with Gasteiger partial charge in [-0.3, -0.25) is 0 Å². The van der Waals surface area contributed by atoms with Crippen LogP contribution in [0.5, 0.6) is 5.75 Å². The Kier molecular flexibility index (Phi) is 4.29. The van der Waals surface area contributed by atoms with Gasteiger partial charge >= 0.3 is 0 Å². The second-order valence-corrected chi connectivity index (χ2v) is 4.56. The van der Waals surface area contributed by atoms with E-state index in [1.807, 2.05) is 43.3 Å². The van der Waals surface area contributed by atoms with Crippen LogP contribution in [0.2, 0.25) is 0 Å². The molecule has 0 spiro atoms. The summed E-state index contributed by atoms with van der Waals surface area (Å²) in [5.41, 5.74) is 10.1. The van der Waals surface area contributed by atoms with Crippen LogP contribution in [0.15, 0.2) is 42.5 Å². The fourth-order valence-corrected chi connectivity index (χ4v) is 2.00. The van der Waals surface area contributed by atoms with Crippen molar-refractivity contribution < 1.29 is 4.74 Å². The summed E-state index contributed by atoms with van der Waals surface area (Å²) < 4.78 is 5.34. The van der Waals surface area contributed by atoms with Crippen molar-refractivity contribution in [3.63, 3.8) is 0 Å². The first-order chi connectivity index (χ1) is 9.20. The number of hydrogen-bond acceptors (Lipinski definition) is 3. The van der Waals surface area contributed by atoms with E-state index in [0.717, 1.165) is 35.7 Å². The second-order valence-electron chi connectivity index (χ2n) is 4.56. The number of nitrogens with one attached hydrogen (secondary N) is 1. The highest BCUT2D eigenvalue weighted by molar-refractivity contribution is 5.58. The van der Waals surface area contributed by atoms with Gasteiger partial charge in [0.25, 0.3) is 0 Å². The molecular weight excluding hydrogens is 236 g/mol. The lowest BCUT2D eigenvalue weighted by Crippen LogP contribution is -2.06. The summed E-state index contributed by atoms with van der Waals surface area (Å²) >= 11 is 0. The molecule has 0 aromatic heterocycles. The zero-order valence-electron chi connectivity index (χ0n) is 11.4. The first-order valence-electron chi connectivity index (χ1n) is 6.42. The molecule has 0 saturated carbocycles. The molecule has 0 aliphatic carbocycles. The van der Waals surface area contributed by atoms with Crippen molar-refractivity contribution in [3.8, 4) is 5.75 Å². The molecule has 0 atom stereocenters. The highest BCUT2D eigenvalue weighted by Gasteiger charge is 2.01. The standard InChI is InChI=1S/C16H20N2O/c1-12-7-8-14(11-15(12)17)18-10-9-13-5-3-4-6-16(13)19-2/h3-8,11,18H,9-10,17H2,1-2H3. The van der Waals surface area contributed by atoms with Gasteiger partial charge in [0.05, 0.1) is 7.11 Å². The molecule has 0 unspecified atom stereocenters. The van der Waals surface area contributed by atoms with Gasteiger partial charge < -0.3 is 15.8 Å². The maximum absolute atomic E-state index is 5.89. The number of rotatable bonds is 5. The number of para-hydroxylation sites is 1. The van der Waals surface area contributed by atoms with Gasteiger partial charge in [-0.1, -0.05) is 24.3 Å². The van der Waals surface area contributed by atoms with Crippen molar-refractivity contribution in [3.05, 3.63) is 53.6 Å². The third-order valence-corrected chi connectivity index (χ3v) is 3.20. The monoisotopic (exact) mass is 256 g/mol. The van der Waals surface area contributed by atoms with E-state index in [9.17, 15) is 0 Å². The van der Waals surface area contributed by atoms with Crippen LogP contribution in [0, 0.1) is 6.92 Å². The van der Waals surface area contributed by atoms with E-state index in [1.165, 1.54) is 5.56 Å². The number of nitrogens with two attached hydrogens (primary N) is 1. The van der Waals surface area contributed by atoms with Crippen LogP contribution in [0.1, 0.15) is 11.1 Å². The van der Waals surface area contributed by atoms with Gasteiger partial charge in [0.2, 0.25) is 0 Å². The van der Waals surface area contributed by atoms with Crippen LogP contribution >= 0.6 is 0 Å². The maximum atomic E-state index is 5.89. The number of hydrogen-bond donors (Lipinski definition) is 2. The largest absolute Gasteiger partial charge is 0.496 e. The van der Waals surface area contributed by atoms with E-state index >= 15 is 0 Å². The molecule has 100 valence electrons. The fourth-order valence-electron chi connectivity index (χ4n) is 2.00. The Bertz CT molecular complexity index is 552. The third-order valence-electron chi connectivity index (χ3n) is 3.20. The minimum absolute atomic E-state index is 0.822. The van der Waals surface area contributed by atoms with Gasteiger partial charge in [0.15, 0.2) is 0 Å². The summed E-state index contributed by atoms with van der Waals surface area (Å²) in [5.74, 6) is 0.938. The van der Waals surface area contributed by atoms with E-state index in [1.54, 1.807) is 7.11 Å². The van der Waals surface area contributed by atoms with E-state index in [-0.39, 0.29) is 0 Å². The second kappa shape index (κ2) is 6.14. The summed E-state index contributed by atoms with van der Waals surface area (Å²) in [4.78, 5) is 0. The van der Waals surface area contributed by atoms with Crippen molar-refractivity contribution in [2.45, 2.75) is 13.3 Å². The highest BCUT2D eigenvalue weighted by atomic mass is 16.5. The fraction of sp³-hybridized carbons (Fsp3) is 0.250. The zero-order valence-corrected chi connectivity index (χ0v) is 11.4. The van der Waals surface area contributed by atoms with Crippen LogP contribution in [0.3, 0.4) is 0 Å². The molecule has 0 amide bonds. The van der Waals surface area contributed by atoms with E-state index < -0.39 is 0 Å². The Hall–Kier alpha value is -2.16. The van der Waals surface area contributed by atoms with Crippen molar-refractivity contribution >= 4 is 11.4 Å². The predicted molar refractivity (Wildman–Crippen MR) is 80.8 cm³/mol. The summed E-state index contributed by atoms with van der Waals surface area (Å²) in [6, 6.07) is 14.1. The molecular formula is C16H20N2O. The topological polar surface area (TPSA) is 47.3 Å². The molecule has 0 fully saturated rings. The van der Waals surface area contributed by atoms with Crippen LogP contribution in [0.4, 0.5) is 11.4 Å². The van der Waals surface area contributed by atoms with Gasteiger partial charge in [-0.15, -0.1) is 0 Å². The molecule has 0 bridgehead atoms. The van der Waals surface area contributed by atoms with Crippen molar-refractivity contribution in [1.29, 1.82) is 0 Å². The SMILES string of the molecule is COc1ccccc1CCNc1ccc(C)c(N)c1. The summed E-state index contributed by atoms with van der Waals surface area (Å²) in [5, 5.41) is 3.38. The Labute approximate surface area is 114 Å². The van der Waals surface area contributed by atoms with Crippen molar-refractivity contribution in [2.24, 2.45) is 0 Å². The van der Waals surface area contributed by atoms with Crippen LogP contribution in [0.25, 0.3) is 0 Å². The quantitative estimate of drug-likeness (QED) is 0.807. The van der Waals surface area contributed by atoms with E-state index in [0.29, 0.717) is 0 Å². The summed E-state index contributed by atoms with van der Waals surface area (Å²) in [6.45, 7) is 2.86. The van der Waals surface area contributed by atoms with Gasteiger partial charge in [0.1, 0.15) is 5.75 Å². The lowest BCUT2D eigenvalue weighted by molar-refractivity contribution is 0.410. The van der Waals surface area contributed by atoms with E-state index in [2.05, 4.69) is 11.4 Å². The summed E-state index contributed by atoms with van der Waals surface area (Å²) in [7, 11) is 1.70. The average molecular weight is 256 g/mol. The number of methoxy groups -OCH3 is 1. The molecule has 3 heteroatoms. The zero-order chi connectivity index (χ0) is 13.7. The Morgan fingerprint density at radius 2 is 1.95 bits per heavy atom. The van der Waals surface area contributed by atoms with Crippen molar-refractivity contribution in [1.82, 2.24) is 0 Å². The summed E-state index contributed by atoms with van der Waals surface area (Å²) in [6.07, 6.45) is 0.914.